The summed E-state index contributed by atoms with van der Waals surface area (Å²) in [4.78, 5) is 8.29. The number of anilines is 1. The van der Waals surface area contributed by atoms with Crippen molar-refractivity contribution in [2.24, 2.45) is 0 Å². The molecule has 2 aromatic rings. The fourth-order valence-corrected chi connectivity index (χ4v) is 2.98. The van der Waals surface area contributed by atoms with E-state index in [0.29, 0.717) is 15.1 Å². The van der Waals surface area contributed by atoms with E-state index in [1.54, 1.807) is 6.07 Å². The molecule has 2 N–H and O–H groups in total. The number of halogens is 2. The summed E-state index contributed by atoms with van der Waals surface area (Å²) in [6.45, 7) is 1.83. The molecule has 0 aliphatic heterocycles. The lowest BCUT2D eigenvalue weighted by Gasteiger charge is -2.03. The smallest absolute Gasteiger partial charge is 0.176 e. The Kier molecular flexibility index (Phi) is 3.53. The fourth-order valence-electron chi connectivity index (χ4n) is 0.937. The van der Waals surface area contributed by atoms with Gasteiger partial charge in [-0.2, -0.15) is 4.37 Å². The molecule has 0 unspecified atom stereocenters. The van der Waals surface area contributed by atoms with Crippen molar-refractivity contribution >= 4 is 52.3 Å². The van der Waals surface area contributed by atoms with Crippen LogP contribution >= 0.6 is 46.5 Å². The lowest BCUT2D eigenvalue weighted by atomic mass is 10.5. The van der Waals surface area contributed by atoms with Crippen molar-refractivity contribution in [1.29, 1.82) is 0 Å². The number of hydrogen-bond acceptors (Lipinski definition) is 6. The van der Waals surface area contributed by atoms with Gasteiger partial charge in [0.25, 0.3) is 0 Å². The number of aryl methyl sites for hydroxylation is 1. The van der Waals surface area contributed by atoms with Crippen molar-refractivity contribution in [3.05, 3.63) is 21.9 Å². The van der Waals surface area contributed by atoms with Crippen LogP contribution in [-0.4, -0.2) is 14.3 Å². The summed E-state index contributed by atoms with van der Waals surface area (Å²) in [5.74, 6) is 0.986. The highest BCUT2D eigenvalue weighted by Gasteiger charge is 2.11. The Hall–Kier alpha value is -0.560. The molecule has 8 heteroatoms. The molecule has 0 saturated carbocycles. The monoisotopic (exact) mass is 292 g/mol. The molecule has 0 aromatic carbocycles. The van der Waals surface area contributed by atoms with Crippen molar-refractivity contribution in [3.8, 4) is 0 Å². The SMILES string of the molecule is Cc1nsc(Sc2nc(N)c(Cl)cc2Cl)n1. The van der Waals surface area contributed by atoms with Gasteiger partial charge in [-0.15, -0.1) is 0 Å². The van der Waals surface area contributed by atoms with E-state index in [4.69, 9.17) is 28.9 Å². The molecule has 2 aromatic heterocycles. The molecule has 2 heterocycles. The van der Waals surface area contributed by atoms with E-state index in [1.807, 2.05) is 6.92 Å². The van der Waals surface area contributed by atoms with Crippen LogP contribution in [0.3, 0.4) is 0 Å². The lowest BCUT2D eigenvalue weighted by molar-refractivity contribution is 1.09. The zero-order chi connectivity index (χ0) is 11.7. The number of hydrogen-bond donors (Lipinski definition) is 1. The molecule has 16 heavy (non-hydrogen) atoms. The summed E-state index contributed by atoms with van der Waals surface area (Å²) >= 11 is 14.4. The molecule has 0 fully saturated rings. The van der Waals surface area contributed by atoms with Crippen molar-refractivity contribution < 1.29 is 0 Å². The van der Waals surface area contributed by atoms with Gasteiger partial charge in [-0.1, -0.05) is 23.2 Å². The average Bonchev–Trinajstić information content (AvgIpc) is 2.60. The first-order valence-corrected chi connectivity index (χ1v) is 6.50. The summed E-state index contributed by atoms with van der Waals surface area (Å²) < 4.78 is 4.84. The van der Waals surface area contributed by atoms with Crippen LogP contribution < -0.4 is 5.73 Å². The van der Waals surface area contributed by atoms with Gasteiger partial charge in [0.2, 0.25) is 0 Å². The van der Waals surface area contributed by atoms with Crippen LogP contribution in [0.4, 0.5) is 5.82 Å². The Morgan fingerprint density at radius 1 is 1.31 bits per heavy atom. The lowest BCUT2D eigenvalue weighted by Crippen LogP contribution is -1.93. The van der Waals surface area contributed by atoms with Gasteiger partial charge in [-0.3, -0.25) is 0 Å². The van der Waals surface area contributed by atoms with Crippen molar-refractivity contribution in [3.63, 3.8) is 0 Å². The number of nitrogen functional groups attached to an aromatic ring is 1. The number of nitrogens with zero attached hydrogens (tertiary/aromatic N) is 3. The molecule has 0 aliphatic carbocycles. The van der Waals surface area contributed by atoms with Gasteiger partial charge in [0.05, 0.1) is 10.0 Å². The van der Waals surface area contributed by atoms with E-state index in [2.05, 4.69) is 14.3 Å². The minimum Gasteiger partial charge on any atom is -0.382 e. The molecule has 0 aliphatic rings. The normalized spacial score (nSPS) is 10.7. The van der Waals surface area contributed by atoms with E-state index < -0.39 is 0 Å². The van der Waals surface area contributed by atoms with Crippen LogP contribution in [0, 0.1) is 6.92 Å². The van der Waals surface area contributed by atoms with E-state index >= 15 is 0 Å². The summed E-state index contributed by atoms with van der Waals surface area (Å²) in [7, 11) is 0. The average molecular weight is 293 g/mol. The third-order valence-electron chi connectivity index (χ3n) is 1.62. The van der Waals surface area contributed by atoms with Crippen LogP contribution in [0.25, 0.3) is 0 Å². The van der Waals surface area contributed by atoms with Gasteiger partial charge in [0.1, 0.15) is 16.7 Å². The quantitative estimate of drug-likeness (QED) is 0.920. The van der Waals surface area contributed by atoms with Gasteiger partial charge in [0.15, 0.2) is 4.34 Å². The first-order valence-electron chi connectivity index (χ1n) is 4.16. The Bertz CT molecular complexity index is 529. The predicted octanol–water partition coefficient (Wildman–Crippen LogP) is 3.28. The van der Waals surface area contributed by atoms with Crippen LogP contribution in [0.15, 0.2) is 15.4 Å². The van der Waals surface area contributed by atoms with Gasteiger partial charge in [0, 0.05) is 0 Å². The van der Waals surface area contributed by atoms with Crippen LogP contribution in [0.1, 0.15) is 5.82 Å². The first-order chi connectivity index (χ1) is 7.56. The minimum absolute atomic E-state index is 0.259. The van der Waals surface area contributed by atoms with E-state index in [-0.39, 0.29) is 5.82 Å². The molecule has 0 bridgehead atoms. The third kappa shape index (κ3) is 2.57. The zero-order valence-electron chi connectivity index (χ0n) is 8.07. The number of rotatable bonds is 2. The number of aromatic nitrogens is 3. The molecule has 0 radical (unpaired) electrons. The molecule has 0 saturated heterocycles. The molecule has 84 valence electrons. The molecule has 4 nitrogen and oxygen atoms in total. The largest absolute Gasteiger partial charge is 0.382 e. The van der Waals surface area contributed by atoms with Gasteiger partial charge in [-0.05, 0) is 36.3 Å². The predicted molar refractivity (Wildman–Crippen MR) is 67.4 cm³/mol. The third-order valence-corrected chi connectivity index (χ3v) is 4.17. The van der Waals surface area contributed by atoms with Gasteiger partial charge in [-0.25, -0.2) is 9.97 Å². The maximum Gasteiger partial charge on any atom is 0.176 e. The first kappa shape index (κ1) is 11.9. The maximum atomic E-state index is 5.99. The summed E-state index contributed by atoms with van der Waals surface area (Å²) in [6, 6.07) is 1.57. The Labute approximate surface area is 110 Å². The number of nitrogens with two attached hydrogens (primary N) is 1. The molecular formula is C8H6Cl2N4S2. The Morgan fingerprint density at radius 3 is 2.69 bits per heavy atom. The highest BCUT2D eigenvalue weighted by Crippen LogP contribution is 2.35. The minimum atomic E-state index is 0.259. The zero-order valence-corrected chi connectivity index (χ0v) is 11.2. The van der Waals surface area contributed by atoms with Gasteiger partial charge >= 0.3 is 0 Å². The Morgan fingerprint density at radius 2 is 2.06 bits per heavy atom. The second-order valence-electron chi connectivity index (χ2n) is 2.85. The van der Waals surface area contributed by atoms with Crippen LogP contribution in [-0.2, 0) is 0 Å². The van der Waals surface area contributed by atoms with Gasteiger partial charge < -0.3 is 5.73 Å². The van der Waals surface area contributed by atoms with Crippen LogP contribution in [0.5, 0.6) is 0 Å². The number of pyridine rings is 1. The van der Waals surface area contributed by atoms with Crippen molar-refractivity contribution in [1.82, 2.24) is 14.3 Å². The summed E-state index contributed by atoms with van der Waals surface area (Å²) in [6.07, 6.45) is 0. The second-order valence-corrected chi connectivity index (χ2v) is 5.65. The standard InChI is InChI=1S/C8H6Cl2N4S2/c1-3-12-8(16-14-3)15-7-5(10)2-4(9)6(11)13-7/h2H,1H3,(H2,11,13). The summed E-state index contributed by atoms with van der Waals surface area (Å²) in [5, 5.41) is 1.39. The molecule has 0 spiro atoms. The molecular weight excluding hydrogens is 287 g/mol. The molecule has 2 rings (SSSR count). The second kappa shape index (κ2) is 4.75. The van der Waals surface area contributed by atoms with Crippen molar-refractivity contribution in [2.45, 2.75) is 16.3 Å². The van der Waals surface area contributed by atoms with Crippen molar-refractivity contribution in [2.75, 3.05) is 5.73 Å². The fraction of sp³-hybridized carbons (Fsp3) is 0.125. The van der Waals surface area contributed by atoms with E-state index in [1.165, 1.54) is 23.3 Å². The Balaban J connectivity index is 2.31. The van der Waals surface area contributed by atoms with E-state index in [9.17, 15) is 0 Å². The highest BCUT2D eigenvalue weighted by atomic mass is 35.5. The maximum absolute atomic E-state index is 5.99. The highest BCUT2D eigenvalue weighted by molar-refractivity contribution is 8.01. The van der Waals surface area contributed by atoms with E-state index in [0.717, 1.165) is 10.2 Å². The topological polar surface area (TPSA) is 64.7 Å². The molecule has 0 atom stereocenters. The molecule has 0 amide bonds. The van der Waals surface area contributed by atoms with Crippen LogP contribution in [0.2, 0.25) is 10.0 Å². The summed E-state index contributed by atoms with van der Waals surface area (Å²) in [5.41, 5.74) is 5.60.